The fourth-order valence-electron chi connectivity index (χ4n) is 11.4. The molecule has 1 heteroatoms. The summed E-state index contributed by atoms with van der Waals surface area (Å²) in [7, 11) is 0. The van der Waals surface area contributed by atoms with E-state index < -0.39 is 0 Å². The Balaban J connectivity index is 1.18. The fraction of sp³-hybridized carbons (Fsp3) is 0.148. The molecule has 12 rings (SSSR count). The van der Waals surface area contributed by atoms with Crippen LogP contribution in [-0.4, -0.2) is 0 Å². The van der Waals surface area contributed by atoms with Crippen molar-refractivity contribution in [3.05, 3.63) is 191 Å². The molecule has 1 aromatic heterocycles. The topological polar surface area (TPSA) is 13.1 Å². The van der Waals surface area contributed by atoms with Crippen molar-refractivity contribution in [3.63, 3.8) is 0 Å². The second-order valence-corrected chi connectivity index (χ2v) is 17.2. The van der Waals surface area contributed by atoms with Crippen molar-refractivity contribution in [3.8, 4) is 22.3 Å². The minimum Gasteiger partial charge on any atom is -0.455 e. The number of hydrogen-bond donors (Lipinski definition) is 0. The zero-order valence-corrected chi connectivity index (χ0v) is 31.6. The molecular weight excluding hydrogens is 665 g/mol. The molecule has 9 aromatic rings. The SMILES string of the molecule is CC1(C)c2ccccc2-c2cc(-c3c4ccccc4c(C4=Cc5c(ccc6c5oc5ccccc56)C5c6ccccc6C(C)(C)C45)c4ccccc34)ccc21. The van der Waals surface area contributed by atoms with Crippen LogP contribution in [0.4, 0.5) is 0 Å². The summed E-state index contributed by atoms with van der Waals surface area (Å²) in [6, 6.07) is 56.9. The molecule has 0 bridgehead atoms. The van der Waals surface area contributed by atoms with Crippen molar-refractivity contribution >= 4 is 55.1 Å². The highest BCUT2D eigenvalue weighted by Gasteiger charge is 2.51. The maximum absolute atomic E-state index is 6.81. The van der Waals surface area contributed by atoms with Crippen LogP contribution < -0.4 is 0 Å². The monoisotopic (exact) mass is 704 g/mol. The highest BCUT2D eigenvalue weighted by atomic mass is 16.3. The number of benzene rings is 8. The standard InChI is InChI=1S/C54H40O/c1-53(2)44-22-12-9-15-32(44)41-29-31(25-28-46(41)53)48-34-17-5-7-19-36(34)49(37-20-8-6-18-35(37)48)43-30-42-38(26-27-39-33-16-11-14-24-47(33)55-52(39)42)50-40-21-10-13-23-45(40)54(3,4)51(43)50/h5-30,50-51H,1-4H3. The van der Waals surface area contributed by atoms with Crippen LogP contribution in [0.1, 0.15) is 72.6 Å². The predicted molar refractivity (Wildman–Crippen MR) is 231 cm³/mol. The van der Waals surface area contributed by atoms with E-state index in [1.807, 2.05) is 0 Å². The van der Waals surface area contributed by atoms with Crippen LogP contribution in [-0.2, 0) is 10.8 Å². The van der Waals surface area contributed by atoms with E-state index in [2.05, 4.69) is 185 Å². The summed E-state index contributed by atoms with van der Waals surface area (Å²) in [6.45, 7) is 9.67. The molecule has 2 unspecified atom stereocenters. The average molecular weight is 705 g/mol. The van der Waals surface area contributed by atoms with Gasteiger partial charge in [0.05, 0.1) is 0 Å². The summed E-state index contributed by atoms with van der Waals surface area (Å²) in [5, 5.41) is 7.54. The highest BCUT2D eigenvalue weighted by molar-refractivity contribution is 6.21. The van der Waals surface area contributed by atoms with Gasteiger partial charge in [-0.1, -0.05) is 167 Å². The number of allylic oxidation sites excluding steroid dienone is 1. The van der Waals surface area contributed by atoms with E-state index in [0.717, 1.165) is 11.2 Å². The number of furan rings is 1. The van der Waals surface area contributed by atoms with E-state index >= 15 is 0 Å². The average Bonchev–Trinajstić information content (AvgIpc) is 3.80. The second-order valence-electron chi connectivity index (χ2n) is 17.2. The van der Waals surface area contributed by atoms with Gasteiger partial charge >= 0.3 is 0 Å². The summed E-state index contributed by atoms with van der Waals surface area (Å²) >= 11 is 0. The lowest BCUT2D eigenvalue weighted by molar-refractivity contribution is 0.403. The Morgan fingerprint density at radius 1 is 0.473 bits per heavy atom. The molecule has 0 radical (unpaired) electrons. The molecule has 3 aliphatic rings. The third kappa shape index (κ3) is 3.98. The summed E-state index contributed by atoms with van der Waals surface area (Å²) in [4.78, 5) is 0. The van der Waals surface area contributed by atoms with Gasteiger partial charge in [-0.2, -0.15) is 0 Å². The molecule has 0 saturated heterocycles. The third-order valence-corrected chi connectivity index (χ3v) is 13.8. The lowest BCUT2D eigenvalue weighted by atomic mass is 9.64. The molecular formula is C54H40O. The number of para-hydroxylation sites is 1. The van der Waals surface area contributed by atoms with Gasteiger partial charge in [0.25, 0.3) is 0 Å². The van der Waals surface area contributed by atoms with Gasteiger partial charge in [-0.25, -0.2) is 0 Å². The van der Waals surface area contributed by atoms with Crippen molar-refractivity contribution in [2.24, 2.45) is 5.92 Å². The predicted octanol–water partition coefficient (Wildman–Crippen LogP) is 14.5. The molecule has 0 aliphatic heterocycles. The molecule has 0 saturated carbocycles. The van der Waals surface area contributed by atoms with E-state index in [4.69, 9.17) is 4.42 Å². The van der Waals surface area contributed by atoms with Crippen LogP contribution >= 0.6 is 0 Å². The van der Waals surface area contributed by atoms with E-state index in [-0.39, 0.29) is 22.7 Å². The number of rotatable bonds is 2. The lowest BCUT2D eigenvalue weighted by Crippen LogP contribution is -2.29. The largest absolute Gasteiger partial charge is 0.455 e. The van der Waals surface area contributed by atoms with Crippen molar-refractivity contribution in [2.75, 3.05) is 0 Å². The maximum atomic E-state index is 6.81. The third-order valence-electron chi connectivity index (χ3n) is 13.8. The van der Waals surface area contributed by atoms with Gasteiger partial charge in [-0.05, 0) is 106 Å². The molecule has 55 heavy (non-hydrogen) atoms. The molecule has 0 spiro atoms. The van der Waals surface area contributed by atoms with Gasteiger partial charge in [0, 0.05) is 33.6 Å². The Morgan fingerprint density at radius 3 is 1.82 bits per heavy atom. The summed E-state index contributed by atoms with van der Waals surface area (Å²) in [5.74, 6) is 0.437. The molecule has 8 aromatic carbocycles. The first-order valence-corrected chi connectivity index (χ1v) is 19.8. The Kier molecular flexibility index (Phi) is 6.09. The Labute approximate surface area is 321 Å². The van der Waals surface area contributed by atoms with Crippen LogP contribution in [0, 0.1) is 5.92 Å². The molecule has 1 nitrogen and oxygen atoms in total. The van der Waals surface area contributed by atoms with E-state index in [1.165, 1.54) is 99.1 Å². The van der Waals surface area contributed by atoms with Crippen LogP contribution in [0.2, 0.25) is 0 Å². The summed E-state index contributed by atoms with van der Waals surface area (Å²) in [5.41, 5.74) is 18.1. The normalized spacial score (nSPS) is 18.6. The molecule has 0 fully saturated rings. The zero-order valence-electron chi connectivity index (χ0n) is 31.6. The van der Waals surface area contributed by atoms with Crippen molar-refractivity contribution in [2.45, 2.75) is 44.4 Å². The first-order valence-electron chi connectivity index (χ1n) is 19.8. The number of fused-ring (bicyclic) bond motifs is 14. The van der Waals surface area contributed by atoms with Crippen molar-refractivity contribution < 1.29 is 4.42 Å². The lowest BCUT2D eigenvalue weighted by Gasteiger charge is -2.38. The van der Waals surface area contributed by atoms with E-state index in [0.29, 0.717) is 0 Å². The van der Waals surface area contributed by atoms with Gasteiger partial charge in [0.1, 0.15) is 11.2 Å². The van der Waals surface area contributed by atoms with Crippen LogP contribution in [0.5, 0.6) is 0 Å². The van der Waals surface area contributed by atoms with Crippen LogP contribution in [0.3, 0.4) is 0 Å². The first-order chi connectivity index (χ1) is 26.8. The number of hydrogen-bond acceptors (Lipinski definition) is 1. The minimum absolute atomic E-state index is 0.0321. The molecule has 2 atom stereocenters. The molecule has 262 valence electrons. The van der Waals surface area contributed by atoms with Gasteiger partial charge < -0.3 is 4.42 Å². The Morgan fingerprint density at radius 2 is 1.07 bits per heavy atom. The second kappa shape index (κ2) is 10.7. The molecule has 1 heterocycles. The van der Waals surface area contributed by atoms with E-state index in [1.54, 1.807) is 0 Å². The molecule has 0 amide bonds. The Hall–Kier alpha value is -6.18. The van der Waals surface area contributed by atoms with Crippen molar-refractivity contribution in [1.29, 1.82) is 0 Å². The highest BCUT2D eigenvalue weighted by Crippen LogP contribution is 2.63. The van der Waals surface area contributed by atoms with Crippen molar-refractivity contribution in [1.82, 2.24) is 0 Å². The quantitative estimate of drug-likeness (QED) is 0.163. The fourth-order valence-corrected chi connectivity index (χ4v) is 11.4. The van der Waals surface area contributed by atoms with Gasteiger partial charge in [-0.15, -0.1) is 0 Å². The van der Waals surface area contributed by atoms with Gasteiger partial charge in [0.15, 0.2) is 0 Å². The smallest absolute Gasteiger partial charge is 0.142 e. The van der Waals surface area contributed by atoms with E-state index in [9.17, 15) is 0 Å². The molecule has 0 N–H and O–H groups in total. The summed E-state index contributed by atoms with van der Waals surface area (Å²) < 4.78 is 6.81. The summed E-state index contributed by atoms with van der Waals surface area (Å²) in [6.07, 6.45) is 2.52. The minimum atomic E-state index is -0.103. The first kappa shape index (κ1) is 31.2. The van der Waals surface area contributed by atoms with Gasteiger partial charge in [-0.3, -0.25) is 0 Å². The Bertz CT molecular complexity index is 3110. The maximum Gasteiger partial charge on any atom is 0.142 e. The van der Waals surface area contributed by atoms with Crippen LogP contribution in [0.15, 0.2) is 156 Å². The van der Waals surface area contributed by atoms with Gasteiger partial charge in [0.2, 0.25) is 0 Å². The van der Waals surface area contributed by atoms with Crippen LogP contribution in [0.25, 0.3) is 77.4 Å². The molecule has 3 aliphatic carbocycles. The zero-order chi connectivity index (χ0) is 36.8.